The van der Waals surface area contributed by atoms with E-state index in [1.807, 2.05) is 0 Å². The van der Waals surface area contributed by atoms with Gasteiger partial charge in [0.15, 0.2) is 0 Å². The zero-order valence-electron chi connectivity index (χ0n) is 20.1. The maximum Gasteiger partial charge on any atom is 0.244 e. The van der Waals surface area contributed by atoms with Gasteiger partial charge in [-0.1, -0.05) is 54.2 Å². The van der Waals surface area contributed by atoms with Gasteiger partial charge in [-0.25, -0.2) is 8.42 Å². The summed E-state index contributed by atoms with van der Waals surface area (Å²) in [6.07, 6.45) is 5.00. The third-order valence-corrected chi connectivity index (χ3v) is 8.11. The van der Waals surface area contributed by atoms with Crippen LogP contribution in [0.5, 0.6) is 0 Å². The van der Waals surface area contributed by atoms with Crippen molar-refractivity contribution in [2.75, 3.05) is 17.1 Å². The van der Waals surface area contributed by atoms with Gasteiger partial charge in [0.2, 0.25) is 21.8 Å². The summed E-state index contributed by atoms with van der Waals surface area (Å²) in [5.41, 5.74) is 1.64. The van der Waals surface area contributed by atoms with Crippen LogP contribution in [0.1, 0.15) is 43.7 Å². The average Bonchev–Trinajstić information content (AvgIpc) is 3.31. The molecule has 190 valence electrons. The minimum atomic E-state index is -3.82. The van der Waals surface area contributed by atoms with Crippen molar-refractivity contribution in [3.63, 3.8) is 0 Å². The highest BCUT2D eigenvalue weighted by Crippen LogP contribution is 2.28. The molecule has 10 heteroatoms. The molecule has 1 unspecified atom stereocenters. The molecule has 1 atom stereocenters. The predicted molar refractivity (Wildman–Crippen MR) is 140 cm³/mol. The Balaban J connectivity index is 1.90. The number of nitrogens with one attached hydrogen (secondary N) is 1. The fourth-order valence-corrected chi connectivity index (χ4v) is 5.42. The lowest BCUT2D eigenvalue weighted by Gasteiger charge is -2.32. The summed E-state index contributed by atoms with van der Waals surface area (Å²) in [5, 5.41) is 3.99. The number of carbonyl (C=O) groups is 2. The molecule has 0 saturated heterocycles. The number of amides is 2. The first-order valence-corrected chi connectivity index (χ1v) is 14.1. The summed E-state index contributed by atoms with van der Waals surface area (Å²) in [5.74, 6) is -0.761. The van der Waals surface area contributed by atoms with E-state index in [0.29, 0.717) is 21.3 Å². The molecule has 2 aromatic carbocycles. The van der Waals surface area contributed by atoms with Gasteiger partial charge in [-0.05, 0) is 62.1 Å². The van der Waals surface area contributed by atoms with Gasteiger partial charge in [0.05, 0.1) is 11.9 Å². The maximum atomic E-state index is 13.6. The first kappa shape index (κ1) is 27.3. The largest absolute Gasteiger partial charge is 0.352 e. The van der Waals surface area contributed by atoms with Crippen molar-refractivity contribution in [3.05, 3.63) is 63.6 Å². The van der Waals surface area contributed by atoms with E-state index in [0.717, 1.165) is 41.8 Å². The van der Waals surface area contributed by atoms with Crippen LogP contribution in [0, 0.1) is 6.92 Å². The van der Waals surface area contributed by atoms with Gasteiger partial charge in [-0.15, -0.1) is 0 Å². The molecule has 1 N–H and O–H groups in total. The van der Waals surface area contributed by atoms with E-state index in [4.69, 9.17) is 23.2 Å². The number of carbonyl (C=O) groups excluding carboxylic acids is 2. The molecular weight excluding hydrogens is 509 g/mol. The van der Waals surface area contributed by atoms with Crippen molar-refractivity contribution in [3.8, 4) is 0 Å². The number of hydrogen-bond acceptors (Lipinski definition) is 4. The molecule has 0 aromatic heterocycles. The molecular formula is C25H31Cl2N3O4S. The van der Waals surface area contributed by atoms with Gasteiger partial charge in [0, 0.05) is 22.6 Å². The number of hydrogen-bond donors (Lipinski definition) is 1. The molecule has 1 aliphatic carbocycles. The molecule has 1 saturated carbocycles. The molecule has 1 aliphatic rings. The van der Waals surface area contributed by atoms with Gasteiger partial charge >= 0.3 is 0 Å². The Morgan fingerprint density at radius 1 is 1.09 bits per heavy atom. The quantitative estimate of drug-likeness (QED) is 0.506. The number of nitrogens with zero attached hydrogens (tertiary/aromatic N) is 2. The van der Waals surface area contributed by atoms with Gasteiger partial charge in [0.25, 0.3) is 0 Å². The highest BCUT2D eigenvalue weighted by Gasteiger charge is 2.31. The molecule has 0 bridgehead atoms. The van der Waals surface area contributed by atoms with Crippen molar-refractivity contribution in [2.24, 2.45) is 0 Å². The van der Waals surface area contributed by atoms with Crippen LogP contribution in [0.15, 0.2) is 42.5 Å². The van der Waals surface area contributed by atoms with Crippen LogP contribution in [0.2, 0.25) is 10.0 Å². The lowest BCUT2D eigenvalue weighted by atomic mass is 10.1. The standard InChI is InChI=1S/C25H31Cl2N3O4S/c1-17-22(27)9-6-10-23(17)30(35(3,33)34)16-24(31)29(15-19-11-13-20(26)14-12-19)18(2)25(32)28-21-7-4-5-8-21/h6,9-14,18,21H,4-5,7-8,15-16H2,1-3H3,(H,28,32). The smallest absolute Gasteiger partial charge is 0.244 e. The Morgan fingerprint density at radius 2 is 1.71 bits per heavy atom. The predicted octanol–water partition coefficient (Wildman–Crippen LogP) is 4.54. The van der Waals surface area contributed by atoms with Crippen molar-refractivity contribution in [1.29, 1.82) is 0 Å². The van der Waals surface area contributed by atoms with E-state index >= 15 is 0 Å². The van der Waals surface area contributed by atoms with Crippen molar-refractivity contribution in [2.45, 2.75) is 58.2 Å². The fraction of sp³-hybridized carbons (Fsp3) is 0.440. The van der Waals surface area contributed by atoms with E-state index in [1.54, 1.807) is 56.3 Å². The monoisotopic (exact) mass is 539 g/mol. The topological polar surface area (TPSA) is 86.8 Å². The minimum Gasteiger partial charge on any atom is -0.352 e. The van der Waals surface area contributed by atoms with Crippen molar-refractivity contribution >= 4 is 50.7 Å². The Morgan fingerprint density at radius 3 is 2.31 bits per heavy atom. The zero-order valence-corrected chi connectivity index (χ0v) is 22.5. The molecule has 0 spiro atoms. The molecule has 0 radical (unpaired) electrons. The van der Waals surface area contributed by atoms with E-state index < -0.39 is 28.5 Å². The first-order valence-electron chi connectivity index (χ1n) is 11.5. The zero-order chi connectivity index (χ0) is 25.8. The molecule has 0 aliphatic heterocycles. The van der Waals surface area contributed by atoms with Gasteiger partial charge in [-0.3, -0.25) is 13.9 Å². The summed E-state index contributed by atoms with van der Waals surface area (Å²) < 4.78 is 26.4. The summed E-state index contributed by atoms with van der Waals surface area (Å²) in [7, 11) is -3.82. The Kier molecular flexibility index (Phi) is 9.07. The lowest BCUT2D eigenvalue weighted by molar-refractivity contribution is -0.139. The van der Waals surface area contributed by atoms with Crippen LogP contribution in [0.4, 0.5) is 5.69 Å². The van der Waals surface area contributed by atoms with Crippen LogP contribution < -0.4 is 9.62 Å². The number of sulfonamides is 1. The third-order valence-electron chi connectivity index (χ3n) is 6.32. The number of rotatable bonds is 9. The Hall–Kier alpha value is -2.29. The first-order chi connectivity index (χ1) is 16.5. The molecule has 7 nitrogen and oxygen atoms in total. The Bertz CT molecular complexity index is 1170. The van der Waals surface area contributed by atoms with Gasteiger partial charge in [-0.2, -0.15) is 0 Å². The second-order valence-electron chi connectivity index (χ2n) is 8.97. The van der Waals surface area contributed by atoms with Crippen LogP contribution in [0.3, 0.4) is 0 Å². The normalized spacial score (nSPS) is 15.0. The maximum absolute atomic E-state index is 13.6. The molecule has 35 heavy (non-hydrogen) atoms. The third kappa shape index (κ3) is 7.12. The summed E-state index contributed by atoms with van der Waals surface area (Å²) in [4.78, 5) is 28.1. The van der Waals surface area contributed by atoms with Crippen LogP contribution in [0.25, 0.3) is 0 Å². The van der Waals surface area contributed by atoms with E-state index in [9.17, 15) is 18.0 Å². The summed E-state index contributed by atoms with van der Waals surface area (Å²) >= 11 is 12.2. The van der Waals surface area contributed by atoms with Crippen LogP contribution in [-0.4, -0.2) is 50.0 Å². The Labute approximate surface area is 217 Å². The number of halogens is 2. The number of benzene rings is 2. The van der Waals surface area contributed by atoms with Gasteiger partial charge in [0.1, 0.15) is 12.6 Å². The van der Waals surface area contributed by atoms with Crippen molar-refractivity contribution in [1.82, 2.24) is 10.2 Å². The van der Waals surface area contributed by atoms with E-state index in [2.05, 4.69) is 5.32 Å². The molecule has 3 rings (SSSR count). The average molecular weight is 541 g/mol. The molecule has 0 heterocycles. The highest BCUT2D eigenvalue weighted by molar-refractivity contribution is 7.92. The summed E-state index contributed by atoms with van der Waals surface area (Å²) in [6, 6.07) is 11.2. The molecule has 2 amide bonds. The lowest BCUT2D eigenvalue weighted by Crippen LogP contribution is -2.52. The van der Waals surface area contributed by atoms with Crippen molar-refractivity contribution < 1.29 is 18.0 Å². The summed E-state index contributed by atoms with van der Waals surface area (Å²) in [6.45, 7) is 3.02. The van der Waals surface area contributed by atoms with E-state index in [1.165, 1.54) is 4.90 Å². The second-order valence-corrected chi connectivity index (χ2v) is 11.7. The minimum absolute atomic E-state index is 0.0964. The van der Waals surface area contributed by atoms with Crippen LogP contribution >= 0.6 is 23.2 Å². The number of anilines is 1. The van der Waals surface area contributed by atoms with Crippen LogP contribution in [-0.2, 0) is 26.2 Å². The molecule has 1 fully saturated rings. The molecule has 2 aromatic rings. The highest BCUT2D eigenvalue weighted by atomic mass is 35.5. The van der Waals surface area contributed by atoms with E-state index in [-0.39, 0.29) is 18.5 Å². The second kappa shape index (κ2) is 11.6. The SMILES string of the molecule is Cc1c(Cl)cccc1N(CC(=O)N(Cc1ccc(Cl)cc1)C(C)C(=O)NC1CCCC1)S(C)(=O)=O. The fourth-order valence-electron chi connectivity index (χ4n) is 4.22. The van der Waals surface area contributed by atoms with Gasteiger partial charge < -0.3 is 10.2 Å².